The lowest BCUT2D eigenvalue weighted by Crippen LogP contribution is -2.43. The maximum absolute atomic E-state index is 9.31. The van der Waals surface area contributed by atoms with Crippen LogP contribution in [0.4, 0.5) is 0 Å². The summed E-state index contributed by atoms with van der Waals surface area (Å²) in [6.45, 7) is 7.89. The fraction of sp³-hybridized carbons (Fsp3) is 0.529. The summed E-state index contributed by atoms with van der Waals surface area (Å²) in [5, 5.41) is 10.7. The molecule has 0 amide bonds. The van der Waals surface area contributed by atoms with Gasteiger partial charge in [0.05, 0.1) is 0 Å². The molecule has 0 aliphatic carbocycles. The number of hydrogen-bond acceptors (Lipinski definition) is 2. The summed E-state index contributed by atoms with van der Waals surface area (Å²) >= 11 is 0. The van der Waals surface area contributed by atoms with Crippen molar-refractivity contribution in [3.05, 3.63) is 35.5 Å². The van der Waals surface area contributed by atoms with Crippen molar-refractivity contribution in [1.29, 1.82) is 0 Å². The molecule has 3 rings (SSSR count). The van der Waals surface area contributed by atoms with Gasteiger partial charge in [0, 0.05) is 41.8 Å². The zero-order valence-corrected chi connectivity index (χ0v) is 12.6. The van der Waals surface area contributed by atoms with Gasteiger partial charge < -0.3 is 10.1 Å². The number of aromatic nitrogens is 1. The summed E-state index contributed by atoms with van der Waals surface area (Å²) in [6, 6.07) is 9.48. The molecule has 2 N–H and O–H groups in total. The van der Waals surface area contributed by atoms with E-state index in [2.05, 4.69) is 54.9 Å². The molecule has 0 saturated carbocycles. The molecule has 0 fully saturated rings. The smallest absolute Gasteiger partial charge is 0.0476 e. The average Bonchev–Trinajstić information content (AvgIpc) is 2.82. The molecule has 108 valence electrons. The highest BCUT2D eigenvalue weighted by Gasteiger charge is 2.32. The van der Waals surface area contributed by atoms with Crippen molar-refractivity contribution < 1.29 is 5.11 Å². The van der Waals surface area contributed by atoms with E-state index in [0.29, 0.717) is 18.0 Å². The van der Waals surface area contributed by atoms with Crippen molar-refractivity contribution in [2.24, 2.45) is 5.92 Å². The standard InChI is InChI=1S/C17H24N2O/c1-11(10-20)9-19-12(2)8-15-14-6-4-5-7-16(14)18-17(15)13(19)3/h4-7,11-13,18,20H,8-10H2,1-3H3/t11-,12-,13?/m1/s1. The number of para-hydroxylation sites is 1. The van der Waals surface area contributed by atoms with Crippen molar-refractivity contribution in [3.8, 4) is 0 Å². The van der Waals surface area contributed by atoms with E-state index >= 15 is 0 Å². The molecule has 1 aliphatic heterocycles. The number of aliphatic hydroxyl groups excluding tert-OH is 1. The highest BCUT2D eigenvalue weighted by atomic mass is 16.3. The van der Waals surface area contributed by atoms with Crippen molar-refractivity contribution in [1.82, 2.24) is 9.88 Å². The Morgan fingerprint density at radius 3 is 2.85 bits per heavy atom. The Hall–Kier alpha value is -1.32. The minimum Gasteiger partial charge on any atom is -0.396 e. The Kier molecular flexibility index (Phi) is 3.57. The second kappa shape index (κ2) is 5.23. The molecular weight excluding hydrogens is 248 g/mol. The largest absolute Gasteiger partial charge is 0.396 e. The van der Waals surface area contributed by atoms with Crippen LogP contribution in [-0.2, 0) is 6.42 Å². The third-order valence-corrected chi connectivity index (χ3v) is 4.66. The van der Waals surface area contributed by atoms with E-state index < -0.39 is 0 Å². The third-order valence-electron chi connectivity index (χ3n) is 4.66. The first-order chi connectivity index (χ1) is 9.61. The lowest BCUT2D eigenvalue weighted by atomic mass is 9.92. The predicted molar refractivity (Wildman–Crippen MR) is 82.8 cm³/mol. The quantitative estimate of drug-likeness (QED) is 0.901. The van der Waals surface area contributed by atoms with Gasteiger partial charge in [-0.15, -0.1) is 0 Å². The number of nitrogens with zero attached hydrogens (tertiary/aromatic N) is 1. The summed E-state index contributed by atoms with van der Waals surface area (Å²) in [7, 11) is 0. The maximum atomic E-state index is 9.31. The lowest BCUT2D eigenvalue weighted by molar-refractivity contribution is 0.0954. The van der Waals surface area contributed by atoms with Gasteiger partial charge in [-0.2, -0.15) is 0 Å². The number of nitrogens with one attached hydrogen (secondary N) is 1. The molecular formula is C17H24N2O. The number of hydrogen-bond donors (Lipinski definition) is 2. The summed E-state index contributed by atoms with van der Waals surface area (Å²) < 4.78 is 0. The van der Waals surface area contributed by atoms with Crippen LogP contribution >= 0.6 is 0 Å². The van der Waals surface area contributed by atoms with E-state index in [1.54, 1.807) is 0 Å². The first kappa shape index (κ1) is 13.7. The van der Waals surface area contributed by atoms with Crippen LogP contribution in [0.25, 0.3) is 10.9 Å². The van der Waals surface area contributed by atoms with Crippen LogP contribution in [0.3, 0.4) is 0 Å². The number of aromatic amines is 1. The fourth-order valence-electron chi connectivity index (χ4n) is 3.51. The number of H-pyrrole nitrogens is 1. The molecule has 2 aromatic rings. The first-order valence-electron chi connectivity index (χ1n) is 7.58. The number of aliphatic hydroxyl groups is 1. The molecule has 0 radical (unpaired) electrons. The zero-order chi connectivity index (χ0) is 14.3. The van der Waals surface area contributed by atoms with Gasteiger partial charge in [0.25, 0.3) is 0 Å². The molecule has 0 spiro atoms. The minimum absolute atomic E-state index is 0.259. The predicted octanol–water partition coefficient (Wildman–Crippen LogP) is 3.10. The Morgan fingerprint density at radius 2 is 2.10 bits per heavy atom. The number of benzene rings is 1. The van der Waals surface area contributed by atoms with Crippen molar-refractivity contribution in [2.45, 2.75) is 39.3 Å². The Balaban J connectivity index is 1.99. The van der Waals surface area contributed by atoms with Gasteiger partial charge in [-0.1, -0.05) is 25.1 Å². The molecule has 1 aliphatic rings. The second-order valence-corrected chi connectivity index (χ2v) is 6.28. The van der Waals surface area contributed by atoms with E-state index in [0.717, 1.165) is 13.0 Å². The van der Waals surface area contributed by atoms with E-state index in [-0.39, 0.29) is 6.61 Å². The average molecular weight is 272 g/mol. The van der Waals surface area contributed by atoms with Gasteiger partial charge in [0.1, 0.15) is 0 Å². The maximum Gasteiger partial charge on any atom is 0.0476 e. The van der Waals surface area contributed by atoms with Crippen LogP contribution < -0.4 is 0 Å². The summed E-state index contributed by atoms with van der Waals surface area (Å²) in [6.07, 6.45) is 1.09. The van der Waals surface area contributed by atoms with Crippen LogP contribution in [0.1, 0.15) is 38.1 Å². The van der Waals surface area contributed by atoms with Gasteiger partial charge in [-0.05, 0) is 37.8 Å². The van der Waals surface area contributed by atoms with Crippen LogP contribution in [0.2, 0.25) is 0 Å². The van der Waals surface area contributed by atoms with Gasteiger partial charge in [0.2, 0.25) is 0 Å². The monoisotopic (exact) mass is 272 g/mol. The molecule has 1 aromatic carbocycles. The lowest BCUT2D eigenvalue weighted by Gasteiger charge is -2.40. The van der Waals surface area contributed by atoms with E-state index in [1.165, 1.54) is 22.2 Å². The van der Waals surface area contributed by atoms with Crippen LogP contribution in [0.15, 0.2) is 24.3 Å². The van der Waals surface area contributed by atoms with Gasteiger partial charge in [-0.25, -0.2) is 0 Å². The highest BCUT2D eigenvalue weighted by molar-refractivity contribution is 5.85. The number of rotatable bonds is 3. The molecule has 1 aromatic heterocycles. The summed E-state index contributed by atoms with van der Waals surface area (Å²) in [5.74, 6) is 0.325. The van der Waals surface area contributed by atoms with E-state index in [4.69, 9.17) is 0 Å². The SMILES string of the molecule is CC1c2[nH]c3ccccc3c2C[C@@H](C)N1C[C@@H](C)CO. The fourth-order valence-corrected chi connectivity index (χ4v) is 3.51. The number of fused-ring (bicyclic) bond motifs is 3. The Bertz CT molecular complexity index is 604. The zero-order valence-electron chi connectivity index (χ0n) is 12.6. The van der Waals surface area contributed by atoms with Crippen molar-refractivity contribution >= 4 is 10.9 Å². The minimum atomic E-state index is 0.259. The van der Waals surface area contributed by atoms with Crippen LogP contribution in [0, 0.1) is 5.92 Å². The molecule has 0 saturated heterocycles. The van der Waals surface area contributed by atoms with E-state index in [1.807, 2.05) is 0 Å². The second-order valence-electron chi connectivity index (χ2n) is 6.28. The molecule has 1 unspecified atom stereocenters. The summed E-state index contributed by atoms with van der Waals surface area (Å²) in [4.78, 5) is 6.12. The summed E-state index contributed by atoms with van der Waals surface area (Å²) in [5.41, 5.74) is 4.08. The molecule has 3 nitrogen and oxygen atoms in total. The molecule has 20 heavy (non-hydrogen) atoms. The van der Waals surface area contributed by atoms with Gasteiger partial charge in [-0.3, -0.25) is 4.90 Å². The molecule has 0 bridgehead atoms. The topological polar surface area (TPSA) is 39.3 Å². The van der Waals surface area contributed by atoms with Gasteiger partial charge >= 0.3 is 0 Å². The van der Waals surface area contributed by atoms with Crippen molar-refractivity contribution in [2.75, 3.05) is 13.2 Å². The van der Waals surface area contributed by atoms with Gasteiger partial charge in [0.15, 0.2) is 0 Å². The molecule has 3 heteroatoms. The first-order valence-corrected chi connectivity index (χ1v) is 7.58. The Morgan fingerprint density at radius 1 is 1.35 bits per heavy atom. The normalized spacial score (nSPS) is 24.8. The Labute approximate surface area is 120 Å². The van der Waals surface area contributed by atoms with Crippen molar-refractivity contribution in [3.63, 3.8) is 0 Å². The highest BCUT2D eigenvalue weighted by Crippen LogP contribution is 2.37. The van der Waals surface area contributed by atoms with Crippen LogP contribution in [-0.4, -0.2) is 34.2 Å². The van der Waals surface area contributed by atoms with E-state index in [9.17, 15) is 5.11 Å². The third kappa shape index (κ3) is 2.15. The van der Waals surface area contributed by atoms with Crippen LogP contribution in [0.5, 0.6) is 0 Å². The molecule has 3 atom stereocenters. The molecule has 2 heterocycles.